The molecule has 1 unspecified atom stereocenters. The van der Waals surface area contributed by atoms with E-state index in [-0.39, 0.29) is 34.1 Å². The fourth-order valence-corrected chi connectivity index (χ4v) is 3.91. The smallest absolute Gasteiger partial charge is 0.338 e. The summed E-state index contributed by atoms with van der Waals surface area (Å²) >= 11 is 0. The molecule has 1 aliphatic rings. The van der Waals surface area contributed by atoms with E-state index in [4.69, 9.17) is 19.0 Å². The van der Waals surface area contributed by atoms with Gasteiger partial charge in [0.1, 0.15) is 18.4 Å². The molecule has 2 heterocycles. The minimum Gasteiger partial charge on any atom is -0.467 e. The van der Waals surface area contributed by atoms with Crippen molar-refractivity contribution in [3.8, 4) is 0 Å². The van der Waals surface area contributed by atoms with Crippen LogP contribution >= 0.6 is 0 Å². The summed E-state index contributed by atoms with van der Waals surface area (Å²) in [5, 5.41) is 10.2. The third kappa shape index (κ3) is 4.98. The topological polar surface area (TPSA) is 167 Å². The van der Waals surface area contributed by atoms with Gasteiger partial charge in [-0.05, 0) is 43.7 Å². The van der Waals surface area contributed by atoms with Gasteiger partial charge < -0.3 is 24.5 Å². The predicted molar refractivity (Wildman–Crippen MR) is 110 cm³/mol. The van der Waals surface area contributed by atoms with Crippen molar-refractivity contribution in [3.63, 3.8) is 0 Å². The average Bonchev–Trinajstić information content (AvgIpc) is 3.26. The number of hydrogen-bond donors (Lipinski definition) is 3. The maximum Gasteiger partial charge on any atom is 0.338 e. The second kappa shape index (κ2) is 9.24. The summed E-state index contributed by atoms with van der Waals surface area (Å²) in [6.07, 6.45) is 1.38. The lowest BCUT2D eigenvalue weighted by Gasteiger charge is -2.27. The number of carbonyl (C=O) groups excluding carboxylic acids is 3. The zero-order valence-electron chi connectivity index (χ0n) is 17.2. The lowest BCUT2D eigenvalue weighted by atomic mass is 10.0. The van der Waals surface area contributed by atoms with Crippen molar-refractivity contribution in [2.45, 2.75) is 24.8 Å². The van der Waals surface area contributed by atoms with Crippen LogP contribution in [0.25, 0.3) is 0 Å². The summed E-state index contributed by atoms with van der Waals surface area (Å²) in [4.78, 5) is 37.0. The highest BCUT2D eigenvalue weighted by molar-refractivity contribution is 7.89. The van der Waals surface area contributed by atoms with Gasteiger partial charge in [0.2, 0.25) is 10.0 Å². The lowest BCUT2D eigenvalue weighted by Crippen LogP contribution is -2.47. The monoisotopic (exact) mass is 463 g/mol. The Bertz CT molecular complexity index is 1190. The van der Waals surface area contributed by atoms with Gasteiger partial charge in [0.25, 0.3) is 0 Å². The lowest BCUT2D eigenvalue weighted by molar-refractivity contribution is -0.139. The molecule has 3 rings (SSSR count). The standard InChI is InChI=1S/C20H21N3O8S/c1-3-29-19(25)16-13(22-20(26)23-17(16)14-5-4-8-30-14)10-31-18(24)12-7-6-11(2)15(9-12)32(21,27)28/h4-9,17H,3,10H2,1-2H3,(H2,21,27,28)(H2,22,23,26). The normalized spacial score (nSPS) is 16.2. The summed E-state index contributed by atoms with van der Waals surface area (Å²) in [6, 6.07) is 5.45. The first-order valence-electron chi connectivity index (χ1n) is 9.43. The minimum absolute atomic E-state index is 0.000677. The minimum atomic E-state index is -4.04. The van der Waals surface area contributed by atoms with E-state index in [9.17, 15) is 22.8 Å². The Hall–Kier alpha value is -3.64. The number of amides is 2. The second-order valence-electron chi connectivity index (χ2n) is 6.76. The summed E-state index contributed by atoms with van der Waals surface area (Å²) in [5.41, 5.74) is 0.299. The zero-order valence-corrected chi connectivity index (χ0v) is 18.0. The first kappa shape index (κ1) is 23.0. The SMILES string of the molecule is CCOC(=O)C1=C(COC(=O)c2ccc(C)c(S(N)(=O)=O)c2)NC(=O)NC1c1ccco1. The number of nitrogens with two attached hydrogens (primary N) is 1. The van der Waals surface area contributed by atoms with Crippen molar-refractivity contribution in [2.24, 2.45) is 5.14 Å². The van der Waals surface area contributed by atoms with Crippen LogP contribution in [0.3, 0.4) is 0 Å². The Morgan fingerprint density at radius 1 is 1.19 bits per heavy atom. The molecule has 0 aliphatic carbocycles. The van der Waals surface area contributed by atoms with E-state index in [1.165, 1.54) is 25.3 Å². The van der Waals surface area contributed by atoms with E-state index in [1.54, 1.807) is 19.1 Å². The summed E-state index contributed by atoms with van der Waals surface area (Å²) in [5.74, 6) is -1.34. The highest BCUT2D eigenvalue weighted by atomic mass is 32.2. The molecule has 0 bridgehead atoms. The largest absolute Gasteiger partial charge is 0.467 e. The van der Waals surface area contributed by atoms with Crippen LogP contribution in [0.1, 0.15) is 34.6 Å². The number of aryl methyl sites for hydroxylation is 1. The highest BCUT2D eigenvalue weighted by Gasteiger charge is 2.35. The number of esters is 2. The number of primary sulfonamides is 1. The Balaban J connectivity index is 1.91. The van der Waals surface area contributed by atoms with E-state index in [0.29, 0.717) is 5.56 Å². The van der Waals surface area contributed by atoms with Crippen LogP contribution in [0, 0.1) is 6.92 Å². The van der Waals surface area contributed by atoms with Crippen molar-refractivity contribution in [1.82, 2.24) is 10.6 Å². The molecule has 0 fully saturated rings. The maximum absolute atomic E-state index is 12.6. The zero-order chi connectivity index (χ0) is 23.5. The molecule has 12 heteroatoms. The fraction of sp³-hybridized carbons (Fsp3) is 0.250. The average molecular weight is 463 g/mol. The molecule has 2 aromatic rings. The van der Waals surface area contributed by atoms with E-state index >= 15 is 0 Å². The van der Waals surface area contributed by atoms with Crippen LogP contribution < -0.4 is 15.8 Å². The molecule has 1 aliphatic heterocycles. The van der Waals surface area contributed by atoms with Crippen molar-refractivity contribution in [1.29, 1.82) is 0 Å². The number of sulfonamides is 1. The van der Waals surface area contributed by atoms with Gasteiger partial charge in [-0.25, -0.2) is 27.9 Å². The van der Waals surface area contributed by atoms with Crippen LogP contribution in [-0.4, -0.2) is 39.6 Å². The van der Waals surface area contributed by atoms with Gasteiger partial charge in [0, 0.05) is 0 Å². The molecule has 1 aromatic carbocycles. The Morgan fingerprint density at radius 2 is 1.94 bits per heavy atom. The van der Waals surface area contributed by atoms with Gasteiger partial charge in [0.05, 0.1) is 34.6 Å². The molecule has 0 spiro atoms. The fourth-order valence-electron chi connectivity index (χ4n) is 3.11. The van der Waals surface area contributed by atoms with Gasteiger partial charge in [-0.1, -0.05) is 6.07 Å². The third-order valence-corrected chi connectivity index (χ3v) is 5.61. The molecule has 0 radical (unpaired) electrons. The van der Waals surface area contributed by atoms with Crippen LogP contribution in [0.5, 0.6) is 0 Å². The Morgan fingerprint density at radius 3 is 2.56 bits per heavy atom. The van der Waals surface area contributed by atoms with Gasteiger partial charge in [0.15, 0.2) is 0 Å². The van der Waals surface area contributed by atoms with Crippen molar-refractivity contribution in [2.75, 3.05) is 13.2 Å². The van der Waals surface area contributed by atoms with Crippen molar-refractivity contribution in [3.05, 3.63) is 64.8 Å². The van der Waals surface area contributed by atoms with Crippen molar-refractivity contribution < 1.29 is 36.7 Å². The number of hydrogen-bond acceptors (Lipinski definition) is 8. The van der Waals surface area contributed by atoms with Crippen LogP contribution in [0.4, 0.5) is 4.79 Å². The number of carbonyl (C=O) groups is 3. The van der Waals surface area contributed by atoms with E-state index in [2.05, 4.69) is 10.6 Å². The molecule has 11 nitrogen and oxygen atoms in total. The molecule has 0 saturated carbocycles. The molecule has 1 aromatic heterocycles. The molecular weight excluding hydrogens is 442 g/mol. The highest BCUT2D eigenvalue weighted by Crippen LogP contribution is 2.28. The maximum atomic E-state index is 12.6. The van der Waals surface area contributed by atoms with E-state index < -0.39 is 40.6 Å². The number of nitrogens with one attached hydrogen (secondary N) is 2. The van der Waals surface area contributed by atoms with Gasteiger partial charge in [-0.15, -0.1) is 0 Å². The van der Waals surface area contributed by atoms with Crippen LogP contribution in [0.2, 0.25) is 0 Å². The van der Waals surface area contributed by atoms with E-state index in [1.807, 2.05) is 0 Å². The van der Waals surface area contributed by atoms with Gasteiger partial charge in [-0.3, -0.25) is 0 Å². The Labute approximate surface area is 183 Å². The number of urea groups is 1. The van der Waals surface area contributed by atoms with Crippen LogP contribution in [-0.2, 0) is 24.3 Å². The molecule has 2 amide bonds. The number of rotatable bonds is 7. The molecule has 32 heavy (non-hydrogen) atoms. The van der Waals surface area contributed by atoms with Crippen LogP contribution in [0.15, 0.2) is 57.2 Å². The molecule has 0 saturated heterocycles. The molecular formula is C20H21N3O8S. The third-order valence-electron chi connectivity index (χ3n) is 4.55. The summed E-state index contributed by atoms with van der Waals surface area (Å²) < 4.78 is 39.0. The van der Waals surface area contributed by atoms with Gasteiger partial charge in [-0.2, -0.15) is 0 Å². The van der Waals surface area contributed by atoms with Crippen molar-refractivity contribution >= 4 is 28.0 Å². The predicted octanol–water partition coefficient (Wildman–Crippen LogP) is 1.26. The summed E-state index contributed by atoms with van der Waals surface area (Å²) in [7, 11) is -4.04. The molecule has 170 valence electrons. The second-order valence-corrected chi connectivity index (χ2v) is 8.29. The number of ether oxygens (including phenoxy) is 2. The number of benzene rings is 1. The van der Waals surface area contributed by atoms with E-state index in [0.717, 1.165) is 6.07 Å². The Kier molecular flexibility index (Phi) is 6.65. The quantitative estimate of drug-likeness (QED) is 0.516. The first-order valence-corrected chi connectivity index (χ1v) is 11.0. The summed E-state index contributed by atoms with van der Waals surface area (Å²) in [6.45, 7) is 2.74. The first-order chi connectivity index (χ1) is 15.1. The number of furan rings is 1. The molecule has 4 N–H and O–H groups in total. The van der Waals surface area contributed by atoms with Gasteiger partial charge >= 0.3 is 18.0 Å². The molecule has 1 atom stereocenters.